The van der Waals surface area contributed by atoms with Gasteiger partial charge in [0, 0.05) is 19.5 Å². The maximum Gasteiger partial charge on any atom is 0.222 e. The highest BCUT2D eigenvalue weighted by Gasteiger charge is 2.32. The quantitative estimate of drug-likeness (QED) is 0.643. The van der Waals surface area contributed by atoms with Gasteiger partial charge in [-0.25, -0.2) is 0 Å². The first kappa shape index (κ1) is 10.6. The molecular formula is C11H21NO. The van der Waals surface area contributed by atoms with Crippen molar-refractivity contribution in [3.63, 3.8) is 0 Å². The summed E-state index contributed by atoms with van der Waals surface area (Å²) in [4.78, 5) is 13.2. The summed E-state index contributed by atoms with van der Waals surface area (Å²) < 4.78 is 0. The standard InChI is InChI=1S/C11H21NO/c1-5-10(13)12-7-9(8-12)6-11(2,3)4/h9H,5-8H2,1-4H3. The monoisotopic (exact) mass is 183 g/mol. The van der Waals surface area contributed by atoms with E-state index in [1.165, 1.54) is 6.42 Å². The van der Waals surface area contributed by atoms with E-state index in [-0.39, 0.29) is 0 Å². The van der Waals surface area contributed by atoms with Crippen molar-refractivity contribution in [2.45, 2.75) is 40.5 Å². The zero-order valence-corrected chi connectivity index (χ0v) is 9.26. The Hall–Kier alpha value is -0.530. The lowest BCUT2D eigenvalue weighted by atomic mass is 9.81. The van der Waals surface area contributed by atoms with E-state index < -0.39 is 0 Å². The van der Waals surface area contributed by atoms with Crippen molar-refractivity contribution in [1.29, 1.82) is 0 Å². The molecule has 13 heavy (non-hydrogen) atoms. The van der Waals surface area contributed by atoms with Gasteiger partial charge in [-0.1, -0.05) is 27.7 Å². The lowest BCUT2D eigenvalue weighted by Crippen LogP contribution is -2.50. The molecule has 0 aliphatic carbocycles. The van der Waals surface area contributed by atoms with E-state index in [1.54, 1.807) is 0 Å². The van der Waals surface area contributed by atoms with Crippen molar-refractivity contribution in [3.8, 4) is 0 Å². The molecule has 2 nitrogen and oxygen atoms in total. The predicted octanol–water partition coefficient (Wildman–Crippen LogP) is 2.29. The van der Waals surface area contributed by atoms with E-state index in [0.29, 0.717) is 17.7 Å². The van der Waals surface area contributed by atoms with Crippen LogP contribution in [0.2, 0.25) is 0 Å². The molecule has 0 N–H and O–H groups in total. The first-order valence-electron chi connectivity index (χ1n) is 5.20. The van der Waals surface area contributed by atoms with Gasteiger partial charge in [0.2, 0.25) is 5.91 Å². The first-order chi connectivity index (χ1) is 5.92. The Labute approximate surface area is 81.3 Å². The van der Waals surface area contributed by atoms with Crippen LogP contribution in [0.25, 0.3) is 0 Å². The van der Waals surface area contributed by atoms with Gasteiger partial charge in [0.1, 0.15) is 0 Å². The van der Waals surface area contributed by atoms with E-state index >= 15 is 0 Å². The van der Waals surface area contributed by atoms with Gasteiger partial charge < -0.3 is 4.90 Å². The van der Waals surface area contributed by atoms with Crippen molar-refractivity contribution >= 4 is 5.91 Å². The van der Waals surface area contributed by atoms with Crippen molar-refractivity contribution < 1.29 is 4.79 Å². The van der Waals surface area contributed by atoms with E-state index in [9.17, 15) is 4.79 Å². The van der Waals surface area contributed by atoms with Crippen LogP contribution in [0, 0.1) is 11.3 Å². The van der Waals surface area contributed by atoms with Crippen molar-refractivity contribution in [3.05, 3.63) is 0 Å². The molecule has 76 valence electrons. The number of amides is 1. The number of carbonyl (C=O) groups excluding carboxylic acids is 1. The van der Waals surface area contributed by atoms with Crippen molar-refractivity contribution in [2.75, 3.05) is 13.1 Å². The summed E-state index contributed by atoms with van der Waals surface area (Å²) in [5, 5.41) is 0. The van der Waals surface area contributed by atoms with Crippen LogP contribution in [-0.2, 0) is 4.79 Å². The molecule has 0 bridgehead atoms. The van der Waals surface area contributed by atoms with Crippen LogP contribution in [0.15, 0.2) is 0 Å². The smallest absolute Gasteiger partial charge is 0.222 e. The molecule has 1 saturated heterocycles. The van der Waals surface area contributed by atoms with Crippen LogP contribution in [0.5, 0.6) is 0 Å². The summed E-state index contributed by atoms with van der Waals surface area (Å²) in [5.41, 5.74) is 0.409. The Balaban J connectivity index is 2.22. The summed E-state index contributed by atoms with van der Waals surface area (Å²) in [7, 11) is 0. The summed E-state index contributed by atoms with van der Waals surface area (Å²) in [6, 6.07) is 0. The highest BCUT2D eigenvalue weighted by atomic mass is 16.2. The van der Waals surface area contributed by atoms with Gasteiger partial charge in [-0.15, -0.1) is 0 Å². The molecule has 1 aliphatic rings. The number of rotatable bonds is 2. The van der Waals surface area contributed by atoms with Crippen LogP contribution in [0.4, 0.5) is 0 Å². The molecule has 0 aromatic rings. The van der Waals surface area contributed by atoms with Crippen LogP contribution in [-0.4, -0.2) is 23.9 Å². The third-order valence-corrected chi connectivity index (χ3v) is 2.51. The molecule has 0 aromatic heterocycles. The van der Waals surface area contributed by atoms with Gasteiger partial charge in [-0.2, -0.15) is 0 Å². The molecule has 0 spiro atoms. The van der Waals surface area contributed by atoms with Gasteiger partial charge in [0.05, 0.1) is 0 Å². The number of nitrogens with zero attached hydrogens (tertiary/aromatic N) is 1. The second kappa shape index (κ2) is 3.69. The Kier molecular flexibility index (Phi) is 2.99. The maximum absolute atomic E-state index is 11.2. The molecule has 1 rings (SSSR count). The molecule has 0 aromatic carbocycles. The third-order valence-electron chi connectivity index (χ3n) is 2.51. The van der Waals surface area contributed by atoms with E-state index in [2.05, 4.69) is 20.8 Å². The Bertz CT molecular complexity index is 187. The molecule has 0 saturated carbocycles. The summed E-state index contributed by atoms with van der Waals surface area (Å²) >= 11 is 0. The van der Waals surface area contributed by atoms with E-state index in [4.69, 9.17) is 0 Å². The molecule has 0 radical (unpaired) electrons. The fraction of sp³-hybridized carbons (Fsp3) is 0.909. The molecule has 0 atom stereocenters. The third kappa shape index (κ3) is 3.02. The first-order valence-corrected chi connectivity index (χ1v) is 5.20. The van der Waals surface area contributed by atoms with Gasteiger partial charge in [0.25, 0.3) is 0 Å². The van der Waals surface area contributed by atoms with Crippen LogP contribution >= 0.6 is 0 Å². The molecule has 1 amide bonds. The lowest BCUT2D eigenvalue weighted by molar-refractivity contribution is -0.137. The van der Waals surface area contributed by atoms with Crippen LogP contribution < -0.4 is 0 Å². The second-order valence-corrected chi connectivity index (χ2v) is 5.28. The largest absolute Gasteiger partial charge is 0.342 e. The molecular weight excluding hydrogens is 162 g/mol. The minimum atomic E-state index is 0.310. The molecule has 2 heteroatoms. The number of hydrogen-bond donors (Lipinski definition) is 0. The average Bonchev–Trinajstić information content (AvgIpc) is 1.92. The van der Waals surface area contributed by atoms with Crippen LogP contribution in [0.3, 0.4) is 0 Å². The van der Waals surface area contributed by atoms with Gasteiger partial charge in [0.15, 0.2) is 0 Å². The Morgan fingerprint density at radius 3 is 2.31 bits per heavy atom. The summed E-state index contributed by atoms with van der Waals surface area (Å²) in [6.07, 6.45) is 1.89. The maximum atomic E-state index is 11.2. The van der Waals surface area contributed by atoms with Gasteiger partial charge >= 0.3 is 0 Å². The molecule has 0 unspecified atom stereocenters. The topological polar surface area (TPSA) is 20.3 Å². The minimum Gasteiger partial charge on any atom is -0.342 e. The molecule has 1 aliphatic heterocycles. The fourth-order valence-electron chi connectivity index (χ4n) is 1.99. The zero-order valence-electron chi connectivity index (χ0n) is 9.26. The SMILES string of the molecule is CCC(=O)N1CC(CC(C)(C)C)C1. The number of carbonyl (C=O) groups is 1. The van der Waals surface area contributed by atoms with E-state index in [1.807, 2.05) is 11.8 Å². The highest BCUT2D eigenvalue weighted by Crippen LogP contribution is 2.30. The van der Waals surface area contributed by atoms with E-state index in [0.717, 1.165) is 19.0 Å². The van der Waals surface area contributed by atoms with Crippen molar-refractivity contribution in [1.82, 2.24) is 4.90 Å². The van der Waals surface area contributed by atoms with Crippen molar-refractivity contribution in [2.24, 2.45) is 11.3 Å². The summed E-state index contributed by atoms with van der Waals surface area (Å²) in [6.45, 7) is 10.7. The number of likely N-dealkylation sites (tertiary alicyclic amines) is 1. The van der Waals surface area contributed by atoms with Gasteiger partial charge in [-0.3, -0.25) is 4.79 Å². The lowest BCUT2D eigenvalue weighted by Gasteiger charge is -2.42. The van der Waals surface area contributed by atoms with Crippen LogP contribution in [0.1, 0.15) is 40.5 Å². The molecule has 1 heterocycles. The average molecular weight is 183 g/mol. The predicted molar refractivity (Wildman–Crippen MR) is 54.4 cm³/mol. The minimum absolute atomic E-state index is 0.310. The zero-order chi connectivity index (χ0) is 10.1. The molecule has 1 fully saturated rings. The fourth-order valence-corrected chi connectivity index (χ4v) is 1.99. The Morgan fingerprint density at radius 1 is 1.38 bits per heavy atom. The normalized spacial score (nSPS) is 18.6. The second-order valence-electron chi connectivity index (χ2n) is 5.28. The summed E-state index contributed by atoms with van der Waals surface area (Å²) in [5.74, 6) is 1.06. The van der Waals surface area contributed by atoms with Gasteiger partial charge in [-0.05, 0) is 17.8 Å². The number of hydrogen-bond acceptors (Lipinski definition) is 1. The highest BCUT2D eigenvalue weighted by molar-refractivity contribution is 5.76. The Morgan fingerprint density at radius 2 is 1.92 bits per heavy atom.